The van der Waals surface area contributed by atoms with Gasteiger partial charge >= 0.3 is 5.97 Å². The Balaban J connectivity index is 3.57. The number of aliphatic hydroxyl groups is 1. The Bertz CT molecular complexity index is 804. The average molecular weight is 641 g/mol. The van der Waals surface area contributed by atoms with Crippen LogP contribution in [-0.4, -0.2) is 37.0 Å². The molecule has 0 saturated carbocycles. The second kappa shape index (κ2) is 39.0. The van der Waals surface area contributed by atoms with Crippen molar-refractivity contribution in [1.29, 1.82) is 0 Å². The van der Waals surface area contributed by atoms with Crippen LogP contribution in [0.15, 0.2) is 72.9 Å². The Morgan fingerprint density at radius 2 is 0.978 bits per heavy atom. The quantitative estimate of drug-likeness (QED) is 0.0432. The lowest BCUT2D eigenvalue weighted by Gasteiger charge is -2.15. The zero-order chi connectivity index (χ0) is 33.4. The molecule has 46 heavy (non-hydrogen) atoms. The monoisotopic (exact) mass is 641 g/mol. The molecule has 0 heterocycles. The summed E-state index contributed by atoms with van der Waals surface area (Å²) >= 11 is 0. The molecule has 4 nitrogen and oxygen atoms in total. The number of hydrogen-bond donors (Lipinski definition) is 1. The fraction of sp³-hybridized carbons (Fsp3) is 0.690. The fourth-order valence-electron chi connectivity index (χ4n) is 4.94. The molecule has 0 fully saturated rings. The molecule has 0 aliphatic rings. The highest BCUT2D eigenvalue weighted by molar-refractivity contribution is 5.69. The average Bonchev–Trinajstić information content (AvgIpc) is 3.06. The van der Waals surface area contributed by atoms with Crippen LogP contribution in [0.3, 0.4) is 0 Å². The highest BCUT2D eigenvalue weighted by Crippen LogP contribution is 2.10. The summed E-state index contributed by atoms with van der Waals surface area (Å²) in [5, 5.41) is 9.56. The molecular formula is C42H72O4. The van der Waals surface area contributed by atoms with Crippen molar-refractivity contribution in [2.24, 2.45) is 0 Å². The van der Waals surface area contributed by atoms with E-state index in [9.17, 15) is 9.90 Å². The predicted octanol–water partition coefficient (Wildman–Crippen LogP) is 12.3. The molecule has 264 valence electrons. The maximum absolute atomic E-state index is 12.2. The molecular weight excluding hydrogens is 568 g/mol. The zero-order valence-electron chi connectivity index (χ0n) is 30.1. The van der Waals surface area contributed by atoms with E-state index < -0.39 is 6.10 Å². The number of ether oxygens (including phenoxy) is 2. The van der Waals surface area contributed by atoms with Crippen LogP contribution in [0.4, 0.5) is 0 Å². The normalized spacial score (nSPS) is 13.2. The van der Waals surface area contributed by atoms with E-state index in [4.69, 9.17) is 9.47 Å². The maximum Gasteiger partial charge on any atom is 0.306 e. The van der Waals surface area contributed by atoms with Crippen LogP contribution in [0.1, 0.15) is 162 Å². The Morgan fingerprint density at radius 3 is 1.50 bits per heavy atom. The summed E-state index contributed by atoms with van der Waals surface area (Å²) in [6, 6.07) is 0. The molecule has 0 amide bonds. The summed E-state index contributed by atoms with van der Waals surface area (Å²) in [5.74, 6) is -0.237. The molecule has 0 spiro atoms. The first-order chi connectivity index (χ1) is 22.7. The molecule has 0 aromatic carbocycles. The summed E-state index contributed by atoms with van der Waals surface area (Å²) in [7, 11) is 0. The number of rotatable bonds is 34. The summed E-state index contributed by atoms with van der Waals surface area (Å²) in [5.41, 5.74) is 0. The number of hydrogen-bond acceptors (Lipinski definition) is 4. The minimum Gasteiger partial charge on any atom is -0.457 e. The third-order valence-electron chi connectivity index (χ3n) is 7.77. The Morgan fingerprint density at radius 1 is 0.543 bits per heavy atom. The maximum atomic E-state index is 12.2. The van der Waals surface area contributed by atoms with Crippen LogP contribution < -0.4 is 0 Å². The third kappa shape index (κ3) is 36.3. The van der Waals surface area contributed by atoms with Gasteiger partial charge in [-0.1, -0.05) is 145 Å². The standard InChI is InChI=1S/C42H72O4/c1-3-5-7-9-11-13-15-17-19-20-21-22-23-25-27-29-31-33-35-37-42(44)46-41(39-43)40-45-38-36-34-32-30-28-26-24-18-16-14-12-10-8-6-4-2/h5,7,11,13,16-19,21-22,25,27,41,43H,3-4,6,8-10,12,14-15,20,23-24,26,28-40H2,1-2H3/b7-5-,13-11-,18-16-,19-17-,22-21-,27-25-. The molecule has 0 bridgehead atoms. The third-order valence-corrected chi connectivity index (χ3v) is 7.77. The molecule has 0 saturated heterocycles. The van der Waals surface area contributed by atoms with Crippen molar-refractivity contribution in [2.75, 3.05) is 19.8 Å². The zero-order valence-corrected chi connectivity index (χ0v) is 30.1. The van der Waals surface area contributed by atoms with E-state index in [0.717, 1.165) is 70.6 Å². The number of aliphatic hydroxyl groups excluding tert-OH is 1. The SMILES string of the molecule is CC/C=C\C/C=C\C/C=C\C/C=C\C/C=C\CCCCCC(=O)OC(CO)COCCCCCCCC/C=C\CCCCCCC. The van der Waals surface area contributed by atoms with Gasteiger partial charge in [-0.05, 0) is 83.5 Å². The lowest BCUT2D eigenvalue weighted by Crippen LogP contribution is -2.27. The highest BCUT2D eigenvalue weighted by atomic mass is 16.6. The summed E-state index contributed by atoms with van der Waals surface area (Å²) in [6.45, 7) is 5.16. The van der Waals surface area contributed by atoms with E-state index in [-0.39, 0.29) is 19.2 Å². The molecule has 0 aliphatic carbocycles. The fourth-order valence-corrected chi connectivity index (χ4v) is 4.94. The number of esters is 1. The van der Waals surface area contributed by atoms with E-state index in [2.05, 4.69) is 86.8 Å². The molecule has 1 atom stereocenters. The van der Waals surface area contributed by atoms with E-state index in [0.29, 0.717) is 13.0 Å². The second-order valence-corrected chi connectivity index (χ2v) is 12.3. The van der Waals surface area contributed by atoms with Crippen molar-refractivity contribution in [3.8, 4) is 0 Å². The van der Waals surface area contributed by atoms with Gasteiger partial charge in [-0.2, -0.15) is 0 Å². The molecule has 0 aromatic rings. The minimum atomic E-state index is -0.557. The largest absolute Gasteiger partial charge is 0.457 e. The van der Waals surface area contributed by atoms with Gasteiger partial charge in [0.1, 0.15) is 6.10 Å². The van der Waals surface area contributed by atoms with Gasteiger partial charge in [-0.3, -0.25) is 4.79 Å². The van der Waals surface area contributed by atoms with Gasteiger partial charge < -0.3 is 14.6 Å². The lowest BCUT2D eigenvalue weighted by atomic mass is 10.1. The first kappa shape index (κ1) is 43.8. The van der Waals surface area contributed by atoms with Crippen molar-refractivity contribution in [1.82, 2.24) is 0 Å². The van der Waals surface area contributed by atoms with E-state index in [1.54, 1.807) is 0 Å². The Hall–Kier alpha value is -2.17. The van der Waals surface area contributed by atoms with Gasteiger partial charge in [0.15, 0.2) is 0 Å². The van der Waals surface area contributed by atoms with Crippen LogP contribution >= 0.6 is 0 Å². The summed E-state index contributed by atoms with van der Waals surface area (Å²) in [4.78, 5) is 12.2. The molecule has 0 aromatic heterocycles. The predicted molar refractivity (Wildman–Crippen MR) is 200 cm³/mol. The smallest absolute Gasteiger partial charge is 0.306 e. The van der Waals surface area contributed by atoms with Crippen molar-refractivity contribution in [3.63, 3.8) is 0 Å². The number of allylic oxidation sites excluding steroid dienone is 12. The second-order valence-electron chi connectivity index (χ2n) is 12.3. The van der Waals surface area contributed by atoms with E-state index in [1.165, 1.54) is 70.6 Å². The van der Waals surface area contributed by atoms with Gasteiger partial charge in [0.25, 0.3) is 0 Å². The van der Waals surface area contributed by atoms with Gasteiger partial charge in [0.2, 0.25) is 0 Å². The number of unbranched alkanes of at least 4 members (excludes halogenated alkanes) is 14. The van der Waals surface area contributed by atoms with E-state index in [1.807, 2.05) is 0 Å². The van der Waals surface area contributed by atoms with Crippen LogP contribution in [0.5, 0.6) is 0 Å². The molecule has 4 heteroatoms. The number of carbonyl (C=O) groups excluding carboxylic acids is 1. The van der Waals surface area contributed by atoms with Crippen LogP contribution in [0.2, 0.25) is 0 Å². The topological polar surface area (TPSA) is 55.8 Å². The molecule has 0 radical (unpaired) electrons. The van der Waals surface area contributed by atoms with Crippen LogP contribution in [0.25, 0.3) is 0 Å². The lowest BCUT2D eigenvalue weighted by molar-refractivity contribution is -0.154. The molecule has 1 unspecified atom stereocenters. The Kier molecular flexibility index (Phi) is 37.2. The Labute approximate surface area is 285 Å². The van der Waals surface area contributed by atoms with Gasteiger partial charge in [-0.25, -0.2) is 0 Å². The van der Waals surface area contributed by atoms with Crippen molar-refractivity contribution >= 4 is 5.97 Å². The van der Waals surface area contributed by atoms with Crippen LogP contribution in [0, 0.1) is 0 Å². The first-order valence-corrected chi connectivity index (χ1v) is 19.0. The van der Waals surface area contributed by atoms with Crippen molar-refractivity contribution in [2.45, 2.75) is 168 Å². The van der Waals surface area contributed by atoms with Gasteiger partial charge in [0.05, 0.1) is 13.2 Å². The molecule has 0 rings (SSSR count). The summed E-state index contributed by atoms with van der Waals surface area (Å²) in [6.07, 6.45) is 52.3. The van der Waals surface area contributed by atoms with E-state index >= 15 is 0 Å². The first-order valence-electron chi connectivity index (χ1n) is 19.0. The van der Waals surface area contributed by atoms with Gasteiger partial charge in [-0.15, -0.1) is 0 Å². The van der Waals surface area contributed by atoms with Gasteiger partial charge in [0, 0.05) is 13.0 Å². The minimum absolute atomic E-state index is 0.191. The highest BCUT2D eigenvalue weighted by Gasteiger charge is 2.13. The molecule has 1 N–H and O–H groups in total. The van der Waals surface area contributed by atoms with Crippen molar-refractivity contribution < 1.29 is 19.4 Å². The van der Waals surface area contributed by atoms with Crippen molar-refractivity contribution in [3.05, 3.63) is 72.9 Å². The summed E-state index contributed by atoms with van der Waals surface area (Å²) < 4.78 is 11.1. The molecule has 0 aliphatic heterocycles. The van der Waals surface area contributed by atoms with Crippen LogP contribution in [-0.2, 0) is 14.3 Å². The number of carbonyl (C=O) groups is 1.